The molecule has 1 saturated heterocycles. The standard InChI is InChI=1S/C29H34BrFN2O4Si/c1-5-12-32-24-11-10-21(30)14-23(24)29(28(32)36)18(2)27(38(3,4)31)25(37-29)15-26(35)33-16-20-9-7-6-8-19(20)13-22(33)17-34/h5-11,14,18,22,25,27,34H,1,12-13,15-17H2,2-4H3/t18-,22+,25+,27-,29+/m1/s1. The van der Waals surface area contributed by atoms with Gasteiger partial charge in [-0.3, -0.25) is 9.59 Å². The van der Waals surface area contributed by atoms with Gasteiger partial charge in [-0.25, -0.2) is 0 Å². The Balaban J connectivity index is 1.51. The van der Waals surface area contributed by atoms with E-state index in [9.17, 15) is 14.7 Å². The zero-order chi connectivity index (χ0) is 27.4. The molecule has 1 fully saturated rings. The summed E-state index contributed by atoms with van der Waals surface area (Å²) in [5.74, 6) is -0.909. The van der Waals surface area contributed by atoms with Gasteiger partial charge in [-0.1, -0.05) is 53.2 Å². The molecular weight excluding hydrogens is 567 g/mol. The molecule has 2 aromatic rings. The average molecular weight is 602 g/mol. The van der Waals surface area contributed by atoms with Crippen LogP contribution in [0.15, 0.2) is 59.6 Å². The van der Waals surface area contributed by atoms with Crippen molar-refractivity contribution in [1.82, 2.24) is 4.90 Å². The maximum Gasteiger partial charge on any atom is 0.264 e. The number of hydrogen-bond acceptors (Lipinski definition) is 4. The summed E-state index contributed by atoms with van der Waals surface area (Å²) in [6.07, 6.45) is 1.42. The molecule has 0 radical (unpaired) electrons. The molecule has 9 heteroatoms. The van der Waals surface area contributed by atoms with E-state index in [1.165, 1.54) is 0 Å². The molecule has 0 bridgehead atoms. The Hall–Kier alpha value is -2.33. The lowest BCUT2D eigenvalue weighted by molar-refractivity contribution is -0.150. The van der Waals surface area contributed by atoms with Crippen molar-refractivity contribution in [2.24, 2.45) is 5.92 Å². The molecule has 3 aliphatic rings. The summed E-state index contributed by atoms with van der Waals surface area (Å²) in [6.45, 7) is 9.49. The number of benzene rings is 2. The maximum atomic E-state index is 16.0. The van der Waals surface area contributed by atoms with E-state index >= 15 is 4.11 Å². The molecule has 3 heterocycles. The maximum absolute atomic E-state index is 16.0. The van der Waals surface area contributed by atoms with Gasteiger partial charge in [-0.05, 0) is 48.8 Å². The van der Waals surface area contributed by atoms with E-state index in [4.69, 9.17) is 4.74 Å². The monoisotopic (exact) mass is 600 g/mol. The SMILES string of the molecule is C=CCN1C(=O)[C@@]2(O[C@@H](CC(=O)N3Cc4ccccc4C[C@H]3CO)[C@H]([Si](C)(C)F)[C@H]2C)c2cc(Br)ccc21. The van der Waals surface area contributed by atoms with Crippen molar-refractivity contribution in [2.45, 2.75) is 62.7 Å². The minimum atomic E-state index is -3.40. The number of carbonyl (C=O) groups excluding carboxylic acids is 2. The molecule has 0 aromatic heterocycles. The van der Waals surface area contributed by atoms with Crippen LogP contribution in [0.4, 0.5) is 9.80 Å². The first-order valence-corrected chi connectivity index (χ1v) is 16.8. The van der Waals surface area contributed by atoms with Crippen LogP contribution in [0.25, 0.3) is 0 Å². The van der Waals surface area contributed by atoms with E-state index in [1.807, 2.05) is 49.4 Å². The number of amides is 2. The fraction of sp³-hybridized carbons (Fsp3) is 0.448. The number of ether oxygens (including phenoxy) is 1. The van der Waals surface area contributed by atoms with Crippen LogP contribution in [0.3, 0.4) is 0 Å². The van der Waals surface area contributed by atoms with Crippen LogP contribution >= 0.6 is 15.9 Å². The lowest BCUT2D eigenvalue weighted by Gasteiger charge is -2.37. The van der Waals surface area contributed by atoms with Gasteiger partial charge in [0.25, 0.3) is 5.91 Å². The van der Waals surface area contributed by atoms with Gasteiger partial charge in [0.15, 0.2) is 5.60 Å². The van der Waals surface area contributed by atoms with Gasteiger partial charge in [-0.15, -0.1) is 6.58 Å². The highest BCUT2D eigenvalue weighted by Gasteiger charge is 2.67. The molecule has 0 aliphatic carbocycles. The second kappa shape index (κ2) is 10.0. The lowest BCUT2D eigenvalue weighted by atomic mass is 9.82. The van der Waals surface area contributed by atoms with Gasteiger partial charge in [-0.2, -0.15) is 0 Å². The zero-order valence-corrected chi connectivity index (χ0v) is 24.6. The number of aliphatic hydroxyl groups is 1. The summed E-state index contributed by atoms with van der Waals surface area (Å²) in [6, 6.07) is 13.2. The largest absolute Gasteiger partial charge is 0.394 e. The molecule has 1 N–H and O–H groups in total. The predicted octanol–water partition coefficient (Wildman–Crippen LogP) is 5.09. The predicted molar refractivity (Wildman–Crippen MR) is 151 cm³/mol. The Morgan fingerprint density at radius 2 is 2.00 bits per heavy atom. The number of nitrogens with zero attached hydrogens (tertiary/aromatic N) is 2. The Labute approximate surface area is 232 Å². The van der Waals surface area contributed by atoms with E-state index in [2.05, 4.69) is 22.5 Å². The molecule has 6 nitrogen and oxygen atoms in total. The molecule has 1 spiro atoms. The molecule has 0 saturated carbocycles. The Morgan fingerprint density at radius 1 is 1.29 bits per heavy atom. The normalized spacial score (nSPS) is 28.5. The first-order chi connectivity index (χ1) is 18.0. The van der Waals surface area contributed by atoms with E-state index in [-0.39, 0.29) is 30.9 Å². The molecule has 5 rings (SSSR count). The molecule has 2 aromatic carbocycles. The minimum Gasteiger partial charge on any atom is -0.394 e. The average Bonchev–Trinajstić information content (AvgIpc) is 3.29. The van der Waals surface area contributed by atoms with E-state index < -0.39 is 31.6 Å². The van der Waals surface area contributed by atoms with Crippen molar-refractivity contribution in [2.75, 3.05) is 18.1 Å². The summed E-state index contributed by atoms with van der Waals surface area (Å²) in [7, 11) is -3.40. The molecule has 3 aliphatic heterocycles. The smallest absolute Gasteiger partial charge is 0.264 e. The molecule has 202 valence electrons. The fourth-order valence-corrected chi connectivity index (χ4v) is 9.72. The van der Waals surface area contributed by atoms with Crippen LogP contribution < -0.4 is 4.90 Å². The number of carbonyl (C=O) groups is 2. The van der Waals surface area contributed by atoms with Gasteiger partial charge in [0.05, 0.1) is 30.9 Å². The third-order valence-electron chi connectivity index (χ3n) is 8.50. The number of rotatable bonds is 6. The van der Waals surface area contributed by atoms with Crippen LogP contribution in [0.1, 0.15) is 30.0 Å². The fourth-order valence-electron chi connectivity index (χ4n) is 6.86. The Morgan fingerprint density at radius 3 is 2.66 bits per heavy atom. The quantitative estimate of drug-likeness (QED) is 0.285. The molecule has 38 heavy (non-hydrogen) atoms. The van der Waals surface area contributed by atoms with Gasteiger partial charge in [0.1, 0.15) is 0 Å². The third kappa shape index (κ3) is 4.28. The van der Waals surface area contributed by atoms with Crippen molar-refractivity contribution in [3.05, 3.63) is 76.3 Å². The molecule has 2 amide bonds. The summed E-state index contributed by atoms with van der Waals surface area (Å²) in [5.41, 5.74) is 1.64. The highest BCUT2D eigenvalue weighted by molar-refractivity contribution is 9.10. The second-order valence-electron chi connectivity index (χ2n) is 11.2. The first-order valence-electron chi connectivity index (χ1n) is 13.1. The van der Waals surface area contributed by atoms with Crippen molar-refractivity contribution in [3.63, 3.8) is 0 Å². The van der Waals surface area contributed by atoms with Crippen LogP contribution in [0.2, 0.25) is 18.6 Å². The zero-order valence-electron chi connectivity index (χ0n) is 22.0. The number of hydrogen-bond donors (Lipinski definition) is 1. The number of halogens is 2. The topological polar surface area (TPSA) is 70.1 Å². The number of aliphatic hydroxyl groups excluding tert-OH is 1. The van der Waals surface area contributed by atoms with Crippen LogP contribution in [0, 0.1) is 5.92 Å². The summed E-state index contributed by atoms with van der Waals surface area (Å²) in [4.78, 5) is 31.1. The summed E-state index contributed by atoms with van der Waals surface area (Å²) >= 11 is 3.53. The van der Waals surface area contributed by atoms with Gasteiger partial charge >= 0.3 is 0 Å². The van der Waals surface area contributed by atoms with Crippen molar-refractivity contribution in [3.8, 4) is 0 Å². The van der Waals surface area contributed by atoms with Crippen LogP contribution in [-0.2, 0) is 32.9 Å². The van der Waals surface area contributed by atoms with Crippen molar-refractivity contribution >= 4 is 41.8 Å². The van der Waals surface area contributed by atoms with Crippen molar-refractivity contribution < 1.29 is 23.5 Å². The summed E-state index contributed by atoms with van der Waals surface area (Å²) < 4.78 is 23.5. The van der Waals surface area contributed by atoms with Gasteiger partial charge in [0.2, 0.25) is 14.3 Å². The first kappa shape index (κ1) is 27.2. The highest BCUT2D eigenvalue weighted by atomic mass is 79.9. The molecule has 0 unspecified atom stereocenters. The van der Waals surface area contributed by atoms with Gasteiger partial charge in [0, 0.05) is 34.6 Å². The Kier molecular flexibility index (Phi) is 7.17. The molecule has 5 atom stereocenters. The minimum absolute atomic E-state index is 0.0478. The lowest BCUT2D eigenvalue weighted by Crippen LogP contribution is -2.48. The number of fused-ring (bicyclic) bond motifs is 3. The summed E-state index contributed by atoms with van der Waals surface area (Å²) in [5, 5.41) is 10.1. The third-order valence-corrected chi connectivity index (χ3v) is 11.4. The number of anilines is 1. The van der Waals surface area contributed by atoms with Crippen molar-refractivity contribution in [1.29, 1.82) is 0 Å². The Bertz CT molecular complexity index is 1280. The van der Waals surface area contributed by atoms with Crippen LogP contribution in [0.5, 0.6) is 0 Å². The van der Waals surface area contributed by atoms with E-state index in [0.717, 1.165) is 21.3 Å². The second-order valence-corrected chi connectivity index (χ2v) is 15.9. The molecular formula is C29H34BrFN2O4Si. The van der Waals surface area contributed by atoms with E-state index in [1.54, 1.807) is 29.0 Å². The van der Waals surface area contributed by atoms with E-state index in [0.29, 0.717) is 25.1 Å². The highest BCUT2D eigenvalue weighted by Crippen LogP contribution is 2.60. The van der Waals surface area contributed by atoms with Crippen LogP contribution in [-0.4, -0.2) is 55.5 Å². The van der Waals surface area contributed by atoms with Gasteiger partial charge < -0.3 is 23.8 Å².